The predicted octanol–water partition coefficient (Wildman–Crippen LogP) is 1.83. The third-order valence-electron chi connectivity index (χ3n) is 2.70. The van der Waals surface area contributed by atoms with Crippen LogP contribution in [0.3, 0.4) is 0 Å². The van der Waals surface area contributed by atoms with E-state index in [0.717, 1.165) is 5.69 Å². The highest BCUT2D eigenvalue weighted by Crippen LogP contribution is 2.12. The average molecular weight is 279 g/mol. The molecule has 0 aromatic carbocycles. The topological polar surface area (TPSA) is 54.5 Å². The minimum atomic E-state index is -0.509. The van der Waals surface area contributed by atoms with Crippen molar-refractivity contribution in [1.82, 2.24) is 15.2 Å². The first kappa shape index (κ1) is 16.4. The van der Waals surface area contributed by atoms with Crippen LogP contribution in [-0.4, -0.2) is 41.5 Å². The quantitative estimate of drug-likeness (QED) is 0.893. The van der Waals surface area contributed by atoms with E-state index < -0.39 is 6.10 Å². The molecule has 1 rings (SSSR count). The van der Waals surface area contributed by atoms with Crippen LogP contribution in [0.2, 0.25) is 0 Å². The fourth-order valence-corrected chi connectivity index (χ4v) is 1.56. The van der Waals surface area contributed by atoms with Crippen molar-refractivity contribution in [2.45, 2.75) is 45.9 Å². The summed E-state index contributed by atoms with van der Waals surface area (Å²) in [4.78, 5) is 17.5. The Morgan fingerprint density at radius 3 is 2.50 bits per heavy atom. The molecule has 0 radical (unpaired) electrons. The summed E-state index contributed by atoms with van der Waals surface area (Å²) in [5.41, 5.74) is 1.00. The maximum atomic E-state index is 11.7. The fourth-order valence-electron chi connectivity index (χ4n) is 1.56. The van der Waals surface area contributed by atoms with Crippen molar-refractivity contribution in [3.05, 3.63) is 24.0 Å². The number of aromatic nitrogens is 1. The fraction of sp³-hybridized carbons (Fsp3) is 0.600. The number of rotatable bonds is 5. The maximum absolute atomic E-state index is 11.7. The molecule has 0 aliphatic rings. The Labute approximate surface area is 121 Å². The molecule has 1 unspecified atom stereocenters. The van der Waals surface area contributed by atoms with Gasteiger partial charge in [-0.25, -0.2) is 0 Å². The van der Waals surface area contributed by atoms with Crippen molar-refractivity contribution in [3.8, 4) is 5.75 Å². The summed E-state index contributed by atoms with van der Waals surface area (Å²) >= 11 is 0. The van der Waals surface area contributed by atoms with Crippen molar-refractivity contribution in [2.75, 3.05) is 14.1 Å². The second kappa shape index (κ2) is 6.70. The van der Waals surface area contributed by atoms with Crippen LogP contribution in [0, 0.1) is 0 Å². The summed E-state index contributed by atoms with van der Waals surface area (Å²) in [7, 11) is 3.42. The van der Waals surface area contributed by atoms with E-state index in [9.17, 15) is 4.79 Å². The number of ether oxygens (including phenoxy) is 1. The Bertz CT molecular complexity index is 435. The van der Waals surface area contributed by atoms with Crippen LogP contribution >= 0.6 is 0 Å². The summed E-state index contributed by atoms with van der Waals surface area (Å²) in [6, 6.07) is 3.74. The largest absolute Gasteiger partial charge is 0.479 e. The van der Waals surface area contributed by atoms with Crippen LogP contribution in [0.15, 0.2) is 18.3 Å². The van der Waals surface area contributed by atoms with Crippen molar-refractivity contribution >= 4 is 5.91 Å². The smallest absolute Gasteiger partial charge is 0.262 e. The number of pyridine rings is 1. The van der Waals surface area contributed by atoms with E-state index in [1.165, 1.54) is 4.90 Å². The van der Waals surface area contributed by atoms with Crippen LogP contribution in [-0.2, 0) is 11.3 Å². The van der Waals surface area contributed by atoms with Gasteiger partial charge in [0.05, 0.1) is 11.9 Å². The number of hydrogen-bond donors (Lipinski definition) is 1. The van der Waals surface area contributed by atoms with Gasteiger partial charge in [0.25, 0.3) is 5.91 Å². The number of carbonyl (C=O) groups excluding carboxylic acids is 1. The minimum Gasteiger partial charge on any atom is -0.479 e. The van der Waals surface area contributed by atoms with Gasteiger partial charge in [-0.3, -0.25) is 9.78 Å². The molecular formula is C15H25N3O2. The molecule has 112 valence electrons. The molecule has 0 saturated carbocycles. The second-order valence-corrected chi connectivity index (χ2v) is 6.08. The highest BCUT2D eigenvalue weighted by atomic mass is 16.5. The molecule has 1 aromatic heterocycles. The lowest BCUT2D eigenvalue weighted by atomic mass is 10.1. The predicted molar refractivity (Wildman–Crippen MR) is 79.6 cm³/mol. The molecule has 5 heteroatoms. The first-order valence-corrected chi connectivity index (χ1v) is 6.77. The highest BCUT2D eigenvalue weighted by molar-refractivity contribution is 5.80. The van der Waals surface area contributed by atoms with E-state index in [1.54, 1.807) is 27.2 Å². The molecule has 0 spiro atoms. The lowest BCUT2D eigenvalue weighted by Crippen LogP contribution is -2.35. The number of amides is 1. The zero-order chi connectivity index (χ0) is 15.3. The van der Waals surface area contributed by atoms with Gasteiger partial charge in [-0.2, -0.15) is 0 Å². The van der Waals surface area contributed by atoms with Crippen LogP contribution < -0.4 is 10.1 Å². The summed E-state index contributed by atoms with van der Waals surface area (Å²) < 4.78 is 5.56. The number of likely N-dealkylation sites (N-methyl/N-ethyl adjacent to an activating group) is 1. The van der Waals surface area contributed by atoms with Gasteiger partial charge in [0.15, 0.2) is 6.10 Å². The Morgan fingerprint density at radius 1 is 1.40 bits per heavy atom. The van der Waals surface area contributed by atoms with Crippen molar-refractivity contribution in [2.24, 2.45) is 0 Å². The summed E-state index contributed by atoms with van der Waals surface area (Å²) in [6.07, 6.45) is 1.14. The van der Waals surface area contributed by atoms with Gasteiger partial charge < -0.3 is 15.0 Å². The molecule has 1 amide bonds. The number of nitrogens with zero attached hydrogens (tertiary/aromatic N) is 2. The molecule has 20 heavy (non-hydrogen) atoms. The first-order chi connectivity index (χ1) is 9.19. The Morgan fingerprint density at radius 2 is 2.05 bits per heavy atom. The third kappa shape index (κ3) is 5.57. The monoisotopic (exact) mass is 279 g/mol. The molecule has 1 aromatic rings. The summed E-state index contributed by atoms with van der Waals surface area (Å²) in [6.45, 7) is 8.77. The molecular weight excluding hydrogens is 254 g/mol. The van der Waals surface area contributed by atoms with E-state index in [0.29, 0.717) is 12.3 Å². The standard InChI is InChI=1S/C15H25N3O2/c1-11(14(19)18(5)6)20-13-8-7-12(16-10-13)9-17-15(2,3)4/h7-8,10-11,17H,9H2,1-6H3. The van der Waals surface area contributed by atoms with Crippen LogP contribution in [0.25, 0.3) is 0 Å². The Hall–Kier alpha value is -1.62. The molecule has 1 N–H and O–H groups in total. The SMILES string of the molecule is CC(Oc1ccc(CNC(C)(C)C)nc1)C(=O)N(C)C. The van der Waals surface area contributed by atoms with Crippen LogP contribution in [0.4, 0.5) is 0 Å². The molecule has 0 bridgehead atoms. The molecule has 0 aliphatic heterocycles. The maximum Gasteiger partial charge on any atom is 0.262 e. The second-order valence-electron chi connectivity index (χ2n) is 6.08. The Balaban J connectivity index is 2.56. The summed E-state index contributed by atoms with van der Waals surface area (Å²) in [5, 5.41) is 3.37. The van der Waals surface area contributed by atoms with Gasteiger partial charge in [-0.05, 0) is 39.8 Å². The first-order valence-electron chi connectivity index (χ1n) is 6.77. The van der Waals surface area contributed by atoms with Crippen molar-refractivity contribution in [1.29, 1.82) is 0 Å². The van der Waals surface area contributed by atoms with Gasteiger partial charge >= 0.3 is 0 Å². The Kier molecular flexibility index (Phi) is 5.51. The lowest BCUT2D eigenvalue weighted by molar-refractivity contribution is -0.135. The number of carbonyl (C=O) groups is 1. The van der Waals surface area contributed by atoms with Gasteiger partial charge in [0.2, 0.25) is 0 Å². The van der Waals surface area contributed by atoms with Crippen molar-refractivity contribution in [3.63, 3.8) is 0 Å². The van der Waals surface area contributed by atoms with Gasteiger partial charge in [-0.1, -0.05) is 0 Å². The summed E-state index contributed by atoms with van der Waals surface area (Å²) in [5.74, 6) is 0.538. The van der Waals surface area contributed by atoms with E-state index in [4.69, 9.17) is 4.74 Å². The van der Waals surface area contributed by atoms with Crippen LogP contribution in [0.5, 0.6) is 5.75 Å². The third-order valence-corrected chi connectivity index (χ3v) is 2.70. The molecule has 0 saturated heterocycles. The number of hydrogen-bond acceptors (Lipinski definition) is 4. The molecule has 1 heterocycles. The number of nitrogens with one attached hydrogen (secondary N) is 1. The van der Waals surface area contributed by atoms with Crippen LogP contribution in [0.1, 0.15) is 33.4 Å². The van der Waals surface area contributed by atoms with Gasteiger partial charge in [-0.15, -0.1) is 0 Å². The zero-order valence-electron chi connectivity index (χ0n) is 13.2. The van der Waals surface area contributed by atoms with E-state index in [2.05, 4.69) is 31.1 Å². The van der Waals surface area contributed by atoms with Gasteiger partial charge in [0, 0.05) is 26.2 Å². The average Bonchev–Trinajstić information content (AvgIpc) is 2.36. The van der Waals surface area contributed by atoms with Gasteiger partial charge in [0.1, 0.15) is 5.75 Å². The van der Waals surface area contributed by atoms with E-state index in [-0.39, 0.29) is 11.4 Å². The molecule has 1 atom stereocenters. The lowest BCUT2D eigenvalue weighted by Gasteiger charge is -2.20. The normalized spacial score (nSPS) is 12.9. The van der Waals surface area contributed by atoms with Crippen molar-refractivity contribution < 1.29 is 9.53 Å². The highest BCUT2D eigenvalue weighted by Gasteiger charge is 2.16. The zero-order valence-corrected chi connectivity index (χ0v) is 13.2. The minimum absolute atomic E-state index is 0.0590. The van der Waals surface area contributed by atoms with E-state index in [1.807, 2.05) is 12.1 Å². The van der Waals surface area contributed by atoms with E-state index >= 15 is 0 Å². The molecule has 5 nitrogen and oxygen atoms in total. The molecule has 0 aliphatic carbocycles. The molecule has 0 fully saturated rings.